The van der Waals surface area contributed by atoms with Gasteiger partial charge in [-0.25, -0.2) is 0 Å². The predicted octanol–water partition coefficient (Wildman–Crippen LogP) is 0.560. The van der Waals surface area contributed by atoms with Crippen molar-refractivity contribution in [3.63, 3.8) is 0 Å². The van der Waals surface area contributed by atoms with Crippen molar-refractivity contribution in [2.45, 2.75) is 12.8 Å². The number of ether oxygens (including phenoxy) is 2. The van der Waals surface area contributed by atoms with Crippen LogP contribution in [-0.4, -0.2) is 57.8 Å². The van der Waals surface area contributed by atoms with Crippen LogP contribution in [0.3, 0.4) is 0 Å². The Morgan fingerprint density at radius 3 is 3.12 bits per heavy atom. The lowest BCUT2D eigenvalue weighted by Crippen LogP contribution is -2.38. The van der Waals surface area contributed by atoms with Crippen molar-refractivity contribution in [2.75, 3.05) is 46.6 Å². The Kier molecular flexibility index (Phi) is 3.95. The summed E-state index contributed by atoms with van der Waals surface area (Å²) in [4.78, 5) is 13.6. The first kappa shape index (κ1) is 12.0. The van der Waals surface area contributed by atoms with Crippen LogP contribution < -0.4 is 0 Å². The van der Waals surface area contributed by atoms with E-state index < -0.39 is 0 Å². The van der Waals surface area contributed by atoms with Crippen LogP contribution in [0.5, 0.6) is 0 Å². The van der Waals surface area contributed by atoms with Gasteiger partial charge in [0.1, 0.15) is 6.29 Å². The topological polar surface area (TPSA) is 38.8 Å². The second kappa shape index (κ2) is 5.25. The molecular weight excluding hydrogens is 206 g/mol. The van der Waals surface area contributed by atoms with Crippen LogP contribution in [0.2, 0.25) is 0 Å². The third-order valence-corrected chi connectivity index (χ3v) is 3.69. The molecule has 2 aliphatic rings. The van der Waals surface area contributed by atoms with Crippen LogP contribution in [0, 0.1) is 11.3 Å². The van der Waals surface area contributed by atoms with Gasteiger partial charge in [-0.05, 0) is 25.3 Å². The number of aldehydes is 1. The van der Waals surface area contributed by atoms with Gasteiger partial charge in [-0.15, -0.1) is 0 Å². The van der Waals surface area contributed by atoms with Crippen molar-refractivity contribution in [1.29, 1.82) is 0 Å². The largest absolute Gasteiger partial charge is 0.384 e. The van der Waals surface area contributed by atoms with E-state index in [1.807, 2.05) is 0 Å². The lowest BCUT2D eigenvalue weighted by molar-refractivity contribution is -0.117. The minimum Gasteiger partial charge on any atom is -0.384 e. The second-order valence-corrected chi connectivity index (χ2v) is 5.13. The quantitative estimate of drug-likeness (QED) is 0.643. The van der Waals surface area contributed by atoms with Gasteiger partial charge in [0.05, 0.1) is 18.6 Å². The van der Waals surface area contributed by atoms with Crippen LogP contribution in [-0.2, 0) is 14.3 Å². The summed E-state index contributed by atoms with van der Waals surface area (Å²) in [6, 6.07) is 0. The van der Waals surface area contributed by atoms with Gasteiger partial charge in [0.25, 0.3) is 0 Å². The average Bonchev–Trinajstić information content (AvgIpc) is 2.90. The summed E-state index contributed by atoms with van der Waals surface area (Å²) in [5.74, 6) is 0.635. The summed E-state index contributed by atoms with van der Waals surface area (Å²) >= 11 is 0. The van der Waals surface area contributed by atoms with E-state index in [2.05, 4.69) is 4.90 Å². The van der Waals surface area contributed by atoms with Gasteiger partial charge in [0.15, 0.2) is 0 Å². The Hall–Kier alpha value is -0.450. The van der Waals surface area contributed by atoms with Crippen molar-refractivity contribution >= 4 is 6.29 Å². The molecule has 2 rings (SSSR count). The molecule has 0 amide bonds. The van der Waals surface area contributed by atoms with Crippen molar-refractivity contribution in [3.05, 3.63) is 0 Å². The molecule has 2 atom stereocenters. The summed E-state index contributed by atoms with van der Waals surface area (Å²) in [6.07, 6.45) is 3.16. The second-order valence-electron chi connectivity index (χ2n) is 5.13. The van der Waals surface area contributed by atoms with Crippen LogP contribution in [0.1, 0.15) is 12.8 Å². The molecule has 16 heavy (non-hydrogen) atoms. The highest BCUT2D eigenvalue weighted by molar-refractivity contribution is 5.60. The van der Waals surface area contributed by atoms with E-state index in [0.717, 1.165) is 45.6 Å². The van der Waals surface area contributed by atoms with Gasteiger partial charge in [-0.2, -0.15) is 0 Å². The zero-order chi connectivity index (χ0) is 11.4. The molecule has 0 radical (unpaired) electrons. The summed E-state index contributed by atoms with van der Waals surface area (Å²) in [6.45, 7) is 5.17. The SMILES string of the molecule is COCC1CCN(CC2(C=O)CCOC2)C1. The molecule has 0 spiro atoms. The number of likely N-dealkylation sites (tertiary alicyclic amines) is 1. The Morgan fingerprint density at radius 1 is 1.62 bits per heavy atom. The molecule has 0 aromatic rings. The molecular formula is C12H21NO3. The van der Waals surface area contributed by atoms with Gasteiger partial charge < -0.3 is 19.2 Å². The van der Waals surface area contributed by atoms with E-state index in [-0.39, 0.29) is 5.41 Å². The lowest BCUT2D eigenvalue weighted by atomic mass is 9.89. The molecule has 2 heterocycles. The summed E-state index contributed by atoms with van der Waals surface area (Å²) < 4.78 is 10.5. The molecule has 0 bridgehead atoms. The third-order valence-electron chi connectivity index (χ3n) is 3.69. The molecule has 2 fully saturated rings. The maximum atomic E-state index is 11.2. The number of carbonyl (C=O) groups excluding carboxylic acids is 1. The summed E-state index contributed by atoms with van der Waals surface area (Å²) in [5.41, 5.74) is -0.234. The fourth-order valence-electron chi connectivity index (χ4n) is 2.75. The van der Waals surface area contributed by atoms with Crippen LogP contribution in [0.4, 0.5) is 0 Å². The lowest BCUT2D eigenvalue weighted by Gasteiger charge is -2.26. The first-order valence-electron chi connectivity index (χ1n) is 6.03. The standard InChI is InChI=1S/C12H21NO3/c1-15-7-11-2-4-13(6-11)8-12(9-14)3-5-16-10-12/h9,11H,2-8,10H2,1H3. The Bertz CT molecular complexity index is 238. The molecule has 2 unspecified atom stereocenters. The van der Waals surface area contributed by atoms with Gasteiger partial charge in [-0.3, -0.25) is 0 Å². The zero-order valence-electron chi connectivity index (χ0n) is 9.98. The van der Waals surface area contributed by atoms with Gasteiger partial charge >= 0.3 is 0 Å². The third kappa shape index (κ3) is 2.62. The smallest absolute Gasteiger partial charge is 0.129 e. The van der Waals surface area contributed by atoms with Crippen LogP contribution >= 0.6 is 0 Å². The highest BCUT2D eigenvalue weighted by atomic mass is 16.5. The molecule has 0 aromatic heterocycles. The highest BCUT2D eigenvalue weighted by Gasteiger charge is 2.38. The molecule has 0 aromatic carbocycles. The first-order chi connectivity index (χ1) is 7.78. The Labute approximate surface area is 96.9 Å². The number of hydrogen-bond donors (Lipinski definition) is 0. The molecule has 2 aliphatic heterocycles. The number of hydrogen-bond acceptors (Lipinski definition) is 4. The van der Waals surface area contributed by atoms with E-state index in [9.17, 15) is 4.79 Å². The summed E-state index contributed by atoms with van der Waals surface area (Å²) in [5, 5.41) is 0. The zero-order valence-corrected chi connectivity index (χ0v) is 9.98. The van der Waals surface area contributed by atoms with E-state index >= 15 is 0 Å². The molecule has 0 saturated carbocycles. The molecule has 92 valence electrons. The van der Waals surface area contributed by atoms with E-state index in [0.29, 0.717) is 12.5 Å². The van der Waals surface area contributed by atoms with Crippen molar-refractivity contribution in [2.24, 2.45) is 11.3 Å². The number of methoxy groups -OCH3 is 1. The maximum absolute atomic E-state index is 11.2. The van der Waals surface area contributed by atoms with E-state index in [4.69, 9.17) is 9.47 Å². The van der Waals surface area contributed by atoms with E-state index in [1.54, 1.807) is 7.11 Å². The number of nitrogens with zero attached hydrogens (tertiary/aromatic N) is 1. The monoisotopic (exact) mass is 227 g/mol. The fraction of sp³-hybridized carbons (Fsp3) is 0.917. The summed E-state index contributed by atoms with van der Waals surface area (Å²) in [7, 11) is 1.75. The molecule has 4 nitrogen and oxygen atoms in total. The number of carbonyl (C=O) groups is 1. The maximum Gasteiger partial charge on any atom is 0.129 e. The van der Waals surface area contributed by atoms with Gasteiger partial charge in [0.2, 0.25) is 0 Å². The minimum atomic E-state index is -0.234. The Morgan fingerprint density at radius 2 is 2.50 bits per heavy atom. The van der Waals surface area contributed by atoms with Crippen molar-refractivity contribution < 1.29 is 14.3 Å². The number of rotatable bonds is 5. The van der Waals surface area contributed by atoms with Gasteiger partial charge in [0, 0.05) is 26.8 Å². The molecule has 2 saturated heterocycles. The van der Waals surface area contributed by atoms with Gasteiger partial charge in [-0.1, -0.05) is 0 Å². The molecule has 4 heteroatoms. The first-order valence-corrected chi connectivity index (χ1v) is 6.03. The van der Waals surface area contributed by atoms with Crippen molar-refractivity contribution in [1.82, 2.24) is 4.90 Å². The Balaban J connectivity index is 1.83. The fourth-order valence-corrected chi connectivity index (χ4v) is 2.75. The molecule has 0 aliphatic carbocycles. The van der Waals surface area contributed by atoms with E-state index in [1.165, 1.54) is 6.42 Å². The minimum absolute atomic E-state index is 0.234. The van der Waals surface area contributed by atoms with Crippen LogP contribution in [0.25, 0.3) is 0 Å². The predicted molar refractivity (Wildman–Crippen MR) is 60.4 cm³/mol. The highest BCUT2D eigenvalue weighted by Crippen LogP contribution is 2.29. The molecule has 0 N–H and O–H groups in total. The van der Waals surface area contributed by atoms with Crippen LogP contribution in [0.15, 0.2) is 0 Å². The normalized spacial score (nSPS) is 35.7. The average molecular weight is 227 g/mol. The van der Waals surface area contributed by atoms with Crippen molar-refractivity contribution in [3.8, 4) is 0 Å².